The normalized spacial score (nSPS) is 14.6. The molecular weight excluding hydrogens is 406 g/mol. The van der Waals surface area contributed by atoms with Gasteiger partial charge in [0.25, 0.3) is 5.91 Å². The van der Waals surface area contributed by atoms with Gasteiger partial charge in [0.2, 0.25) is 5.88 Å². The number of rotatable bonds is 5. The number of piperazine rings is 1. The number of ketones is 1. The topological polar surface area (TPSA) is 62.7 Å². The second kappa shape index (κ2) is 8.68. The SMILES string of the molecule is CC(=O)c1ccc(N2CCN(C(=O)c3cccnc3OCC(F)(F)F)CC2)c(F)c1. The molecule has 0 bridgehead atoms. The van der Waals surface area contributed by atoms with Gasteiger partial charge >= 0.3 is 6.18 Å². The predicted octanol–water partition coefficient (Wildman–Crippen LogP) is 3.33. The van der Waals surface area contributed by atoms with E-state index in [0.717, 1.165) is 0 Å². The largest absolute Gasteiger partial charge is 0.467 e. The first-order chi connectivity index (χ1) is 14.2. The number of nitrogens with zero attached hydrogens (tertiary/aromatic N) is 3. The van der Waals surface area contributed by atoms with Gasteiger partial charge in [0, 0.05) is 37.9 Å². The number of carbonyl (C=O) groups excluding carboxylic acids is 2. The summed E-state index contributed by atoms with van der Waals surface area (Å²) in [6.45, 7) is 0.917. The van der Waals surface area contributed by atoms with Crippen molar-refractivity contribution >= 4 is 17.4 Å². The number of alkyl halides is 3. The lowest BCUT2D eigenvalue weighted by Gasteiger charge is -2.36. The van der Waals surface area contributed by atoms with Crippen LogP contribution >= 0.6 is 0 Å². The van der Waals surface area contributed by atoms with Gasteiger partial charge in [-0.15, -0.1) is 0 Å². The number of aromatic nitrogens is 1. The Morgan fingerprint density at radius 1 is 1.13 bits per heavy atom. The molecule has 0 saturated carbocycles. The molecule has 1 saturated heterocycles. The number of hydrogen-bond acceptors (Lipinski definition) is 5. The molecule has 2 aromatic rings. The summed E-state index contributed by atoms with van der Waals surface area (Å²) >= 11 is 0. The number of halogens is 4. The van der Waals surface area contributed by atoms with Gasteiger partial charge < -0.3 is 14.5 Å². The van der Waals surface area contributed by atoms with E-state index in [-0.39, 0.29) is 35.9 Å². The number of amides is 1. The number of ether oxygens (including phenoxy) is 1. The molecule has 0 atom stereocenters. The van der Waals surface area contributed by atoms with Crippen LogP contribution in [0.4, 0.5) is 23.2 Å². The molecule has 1 aromatic heterocycles. The zero-order valence-electron chi connectivity index (χ0n) is 16.1. The molecule has 0 unspecified atom stereocenters. The van der Waals surface area contributed by atoms with Crippen molar-refractivity contribution in [1.29, 1.82) is 0 Å². The molecule has 160 valence electrons. The van der Waals surface area contributed by atoms with Crippen LogP contribution in [0.15, 0.2) is 36.5 Å². The van der Waals surface area contributed by atoms with Gasteiger partial charge in [-0.1, -0.05) is 0 Å². The van der Waals surface area contributed by atoms with Crippen molar-refractivity contribution in [2.45, 2.75) is 13.1 Å². The predicted molar refractivity (Wildman–Crippen MR) is 100 cm³/mol. The number of anilines is 1. The summed E-state index contributed by atoms with van der Waals surface area (Å²) in [5, 5.41) is 0. The van der Waals surface area contributed by atoms with Crippen LogP contribution in [0.2, 0.25) is 0 Å². The molecule has 0 spiro atoms. The molecule has 1 aromatic carbocycles. The Kier molecular flexibility index (Phi) is 6.23. The summed E-state index contributed by atoms with van der Waals surface area (Å²) < 4.78 is 56.3. The van der Waals surface area contributed by atoms with Crippen LogP contribution in [-0.4, -0.2) is 60.5 Å². The average molecular weight is 425 g/mol. The highest BCUT2D eigenvalue weighted by Crippen LogP contribution is 2.25. The molecule has 1 aliphatic rings. The first-order valence-corrected chi connectivity index (χ1v) is 9.15. The van der Waals surface area contributed by atoms with Crippen molar-refractivity contribution in [2.75, 3.05) is 37.7 Å². The summed E-state index contributed by atoms with van der Waals surface area (Å²) in [5.41, 5.74) is 0.530. The second-order valence-corrected chi connectivity index (χ2v) is 6.76. The van der Waals surface area contributed by atoms with Crippen LogP contribution in [0.3, 0.4) is 0 Å². The quantitative estimate of drug-likeness (QED) is 0.543. The molecule has 1 amide bonds. The minimum absolute atomic E-state index is 0.0628. The number of Topliss-reactive ketones (excluding diaryl/α,β-unsaturated/α-hetero) is 1. The molecule has 1 aliphatic heterocycles. The van der Waals surface area contributed by atoms with E-state index in [1.165, 1.54) is 48.4 Å². The molecule has 0 aliphatic carbocycles. The zero-order valence-corrected chi connectivity index (χ0v) is 16.1. The number of benzene rings is 1. The minimum atomic E-state index is -4.55. The highest BCUT2D eigenvalue weighted by Gasteiger charge is 2.31. The molecule has 6 nitrogen and oxygen atoms in total. The Balaban J connectivity index is 1.67. The van der Waals surface area contributed by atoms with Crippen LogP contribution < -0.4 is 9.64 Å². The summed E-state index contributed by atoms with van der Waals surface area (Å²) in [6, 6.07) is 7.03. The maximum absolute atomic E-state index is 14.4. The Hall–Kier alpha value is -3.17. The summed E-state index contributed by atoms with van der Waals surface area (Å²) in [7, 11) is 0. The van der Waals surface area contributed by atoms with Crippen molar-refractivity contribution in [3.8, 4) is 5.88 Å². The van der Waals surface area contributed by atoms with Crippen molar-refractivity contribution < 1.29 is 31.9 Å². The molecule has 30 heavy (non-hydrogen) atoms. The number of carbonyl (C=O) groups is 2. The Labute approximate surface area is 170 Å². The molecule has 0 N–H and O–H groups in total. The van der Waals surface area contributed by atoms with E-state index < -0.39 is 24.5 Å². The average Bonchev–Trinajstić information content (AvgIpc) is 2.71. The third-order valence-corrected chi connectivity index (χ3v) is 4.64. The van der Waals surface area contributed by atoms with Crippen LogP contribution in [0.5, 0.6) is 5.88 Å². The fourth-order valence-electron chi connectivity index (χ4n) is 3.12. The molecular formula is C20H19F4N3O3. The summed E-state index contributed by atoms with van der Waals surface area (Å²) in [5.74, 6) is -1.66. The van der Waals surface area contributed by atoms with Gasteiger partial charge in [0.1, 0.15) is 11.4 Å². The third kappa shape index (κ3) is 5.05. The summed E-state index contributed by atoms with van der Waals surface area (Å²) in [6.07, 6.45) is -3.31. The lowest BCUT2D eigenvalue weighted by Crippen LogP contribution is -2.49. The van der Waals surface area contributed by atoms with Crippen LogP contribution in [0.25, 0.3) is 0 Å². The highest BCUT2D eigenvalue weighted by atomic mass is 19.4. The van der Waals surface area contributed by atoms with Crippen LogP contribution in [-0.2, 0) is 0 Å². The number of pyridine rings is 1. The van der Waals surface area contributed by atoms with Crippen molar-refractivity contribution in [1.82, 2.24) is 9.88 Å². The van der Waals surface area contributed by atoms with Gasteiger partial charge in [-0.05, 0) is 37.3 Å². The smallest absolute Gasteiger partial charge is 0.422 e. The van der Waals surface area contributed by atoms with Gasteiger partial charge in [-0.25, -0.2) is 9.37 Å². The van der Waals surface area contributed by atoms with Crippen LogP contribution in [0.1, 0.15) is 27.6 Å². The van der Waals surface area contributed by atoms with Crippen LogP contribution in [0, 0.1) is 5.82 Å². The molecule has 0 radical (unpaired) electrons. The standard InChI is InChI=1S/C20H19F4N3O3/c1-13(28)14-4-5-17(16(21)11-14)26-7-9-27(10-8-26)19(29)15-3-2-6-25-18(15)30-12-20(22,23)24/h2-6,11H,7-10,12H2,1H3. The fraction of sp³-hybridized carbons (Fsp3) is 0.350. The maximum atomic E-state index is 14.4. The zero-order chi connectivity index (χ0) is 21.9. The molecule has 10 heteroatoms. The lowest BCUT2D eigenvalue weighted by atomic mass is 10.1. The minimum Gasteiger partial charge on any atom is -0.467 e. The fourth-order valence-corrected chi connectivity index (χ4v) is 3.12. The first kappa shape index (κ1) is 21.5. The van der Waals surface area contributed by atoms with Gasteiger partial charge in [-0.2, -0.15) is 13.2 Å². The first-order valence-electron chi connectivity index (χ1n) is 9.15. The van der Waals surface area contributed by atoms with Gasteiger partial charge in [0.05, 0.1) is 5.69 Å². The molecule has 3 rings (SSSR count). The monoisotopic (exact) mass is 425 g/mol. The Morgan fingerprint density at radius 3 is 2.43 bits per heavy atom. The Bertz CT molecular complexity index is 941. The van der Waals surface area contributed by atoms with E-state index >= 15 is 0 Å². The van der Waals surface area contributed by atoms with E-state index in [1.807, 2.05) is 0 Å². The van der Waals surface area contributed by atoms with E-state index in [4.69, 9.17) is 0 Å². The highest BCUT2D eigenvalue weighted by molar-refractivity contribution is 5.96. The Morgan fingerprint density at radius 2 is 1.83 bits per heavy atom. The molecule has 1 fully saturated rings. The van der Waals surface area contributed by atoms with E-state index in [9.17, 15) is 27.2 Å². The molecule has 2 heterocycles. The van der Waals surface area contributed by atoms with E-state index in [0.29, 0.717) is 18.8 Å². The third-order valence-electron chi connectivity index (χ3n) is 4.64. The lowest BCUT2D eigenvalue weighted by molar-refractivity contribution is -0.154. The van der Waals surface area contributed by atoms with Crippen molar-refractivity contribution in [3.05, 3.63) is 53.5 Å². The summed E-state index contributed by atoms with van der Waals surface area (Å²) in [4.78, 5) is 31.1. The van der Waals surface area contributed by atoms with Gasteiger partial charge in [0.15, 0.2) is 12.4 Å². The van der Waals surface area contributed by atoms with Crippen molar-refractivity contribution in [2.24, 2.45) is 0 Å². The van der Waals surface area contributed by atoms with Crippen molar-refractivity contribution in [3.63, 3.8) is 0 Å². The second-order valence-electron chi connectivity index (χ2n) is 6.76. The maximum Gasteiger partial charge on any atom is 0.422 e. The van der Waals surface area contributed by atoms with Gasteiger partial charge in [-0.3, -0.25) is 9.59 Å². The van der Waals surface area contributed by atoms with E-state index in [2.05, 4.69) is 9.72 Å². The van der Waals surface area contributed by atoms with E-state index in [1.54, 1.807) is 4.90 Å². The number of hydrogen-bond donors (Lipinski definition) is 0.